The Morgan fingerprint density at radius 2 is 1.98 bits per heavy atom. The average Bonchev–Trinajstić information content (AvgIpc) is 3.40. The molecular weight excluding hydrogens is 545 g/mol. The molecule has 0 radical (unpaired) electrons. The number of benzene rings is 1. The summed E-state index contributed by atoms with van der Waals surface area (Å²) in [4.78, 5) is 25.0. The molecule has 0 amide bonds. The topological polar surface area (TPSA) is 205 Å². The van der Waals surface area contributed by atoms with Crippen LogP contribution in [0.25, 0.3) is 11.2 Å². The standard InChI is InChI=1S/C24H34N7O8P/c1-13(2)37-21(33)14(3)30-40(35,39-15-9-7-6-8-10-15)36-11-16-18(32)24(4,34)22(38-16)31-12-27-17-19(26-5)28-23(25)29-20(17)31/h6-10,12-14,16,18,22,32,34H,11H2,1-5H3,(H,30,35)(H3,25,26,28,29)/t14-,16+,18+,22+,24+,40-/m0/s1. The van der Waals surface area contributed by atoms with Crippen LogP contribution in [0.4, 0.5) is 11.8 Å². The molecule has 3 heterocycles. The normalized spacial score (nSPS) is 25.1. The van der Waals surface area contributed by atoms with Crippen LogP contribution in [-0.4, -0.2) is 79.3 Å². The van der Waals surface area contributed by atoms with Gasteiger partial charge in [-0.1, -0.05) is 18.2 Å². The molecule has 0 aliphatic carbocycles. The number of hydrogen-bond donors (Lipinski definition) is 5. The molecular formula is C24H34N7O8P. The van der Waals surface area contributed by atoms with Crippen LogP contribution in [0.5, 0.6) is 5.75 Å². The summed E-state index contributed by atoms with van der Waals surface area (Å²) in [7, 11) is -2.59. The van der Waals surface area contributed by atoms with Crippen molar-refractivity contribution in [3.63, 3.8) is 0 Å². The van der Waals surface area contributed by atoms with Crippen molar-refractivity contribution in [1.82, 2.24) is 24.6 Å². The van der Waals surface area contributed by atoms with E-state index in [-0.39, 0.29) is 17.3 Å². The second-order valence-corrected chi connectivity index (χ2v) is 11.4. The molecule has 6 atom stereocenters. The van der Waals surface area contributed by atoms with Crippen molar-refractivity contribution in [3.05, 3.63) is 36.7 Å². The molecule has 218 valence electrons. The minimum Gasteiger partial charge on any atom is -0.462 e. The predicted molar refractivity (Wildman–Crippen MR) is 144 cm³/mol. The van der Waals surface area contributed by atoms with E-state index < -0.39 is 56.5 Å². The van der Waals surface area contributed by atoms with Gasteiger partial charge in [0.15, 0.2) is 23.2 Å². The fourth-order valence-electron chi connectivity index (χ4n) is 4.16. The number of aliphatic hydroxyl groups excluding tert-OH is 1. The number of esters is 1. The average molecular weight is 580 g/mol. The van der Waals surface area contributed by atoms with E-state index in [4.69, 9.17) is 24.3 Å². The summed E-state index contributed by atoms with van der Waals surface area (Å²) in [6.45, 7) is 5.72. The van der Waals surface area contributed by atoms with Gasteiger partial charge in [-0.05, 0) is 39.8 Å². The molecule has 2 aromatic heterocycles. The number of nitrogen functional groups attached to an aromatic ring is 1. The number of nitrogens with zero attached hydrogens (tertiary/aromatic N) is 4. The maximum absolute atomic E-state index is 13.8. The van der Waals surface area contributed by atoms with Crippen LogP contribution in [0, 0.1) is 0 Å². The molecule has 0 bridgehead atoms. The van der Waals surface area contributed by atoms with Crippen LogP contribution < -0.4 is 20.7 Å². The van der Waals surface area contributed by atoms with Crippen molar-refractivity contribution in [1.29, 1.82) is 0 Å². The molecule has 15 nitrogen and oxygen atoms in total. The number of nitrogens with two attached hydrogens (primary N) is 1. The Labute approximate surface area is 230 Å². The summed E-state index contributed by atoms with van der Waals surface area (Å²) in [6, 6.07) is 7.16. The second kappa shape index (κ2) is 11.6. The number of anilines is 2. The first-order valence-corrected chi connectivity index (χ1v) is 14.1. The molecule has 1 aliphatic heterocycles. The number of para-hydroxylation sites is 1. The maximum atomic E-state index is 13.8. The number of nitrogens with one attached hydrogen (secondary N) is 2. The fraction of sp³-hybridized carbons (Fsp3) is 0.500. The number of ether oxygens (including phenoxy) is 2. The molecule has 0 saturated carbocycles. The Morgan fingerprint density at radius 3 is 2.62 bits per heavy atom. The lowest BCUT2D eigenvalue weighted by Crippen LogP contribution is -2.44. The first kappa shape index (κ1) is 29.6. The van der Waals surface area contributed by atoms with Crippen molar-refractivity contribution >= 4 is 36.6 Å². The first-order chi connectivity index (χ1) is 18.8. The zero-order valence-corrected chi connectivity index (χ0v) is 23.6. The van der Waals surface area contributed by atoms with Crippen molar-refractivity contribution in [2.75, 3.05) is 24.7 Å². The number of hydrogen-bond acceptors (Lipinski definition) is 13. The van der Waals surface area contributed by atoms with Crippen LogP contribution in [0.15, 0.2) is 36.7 Å². The van der Waals surface area contributed by atoms with Crippen LogP contribution >= 0.6 is 7.75 Å². The molecule has 0 spiro atoms. The summed E-state index contributed by atoms with van der Waals surface area (Å²) in [6.07, 6.45) is -2.86. The van der Waals surface area contributed by atoms with Crippen molar-refractivity contribution in [2.45, 2.75) is 63.9 Å². The highest BCUT2D eigenvalue weighted by Crippen LogP contribution is 2.47. The van der Waals surface area contributed by atoms with E-state index in [9.17, 15) is 19.6 Å². The van der Waals surface area contributed by atoms with Gasteiger partial charge in [0.05, 0.1) is 19.0 Å². The SMILES string of the molecule is CNc1nc(N)nc2c1ncn2[C@@H]1O[C@H](CO[P@@](=O)(N[C@@H](C)C(=O)OC(C)C)Oc2ccccc2)[C@@H](O)[C@@]1(C)O. The number of carbonyl (C=O) groups is 1. The number of carbonyl (C=O) groups excluding carboxylic acids is 1. The van der Waals surface area contributed by atoms with Gasteiger partial charge in [0.25, 0.3) is 0 Å². The van der Waals surface area contributed by atoms with Crippen LogP contribution in [0.2, 0.25) is 0 Å². The van der Waals surface area contributed by atoms with Gasteiger partial charge in [0, 0.05) is 7.05 Å². The third-order valence-corrected chi connectivity index (χ3v) is 7.76. The Bertz CT molecular complexity index is 1390. The van der Waals surface area contributed by atoms with Crippen molar-refractivity contribution in [3.8, 4) is 5.75 Å². The van der Waals surface area contributed by atoms with E-state index in [1.165, 1.54) is 24.7 Å². The zero-order chi connectivity index (χ0) is 29.2. The molecule has 1 aliphatic rings. The van der Waals surface area contributed by atoms with Gasteiger partial charge >= 0.3 is 13.7 Å². The summed E-state index contributed by atoms with van der Waals surface area (Å²) in [5, 5.41) is 27.7. The molecule has 0 unspecified atom stereocenters. The summed E-state index contributed by atoms with van der Waals surface area (Å²) in [5.74, 6) is -0.116. The van der Waals surface area contributed by atoms with E-state index in [1.54, 1.807) is 51.2 Å². The lowest BCUT2D eigenvalue weighted by atomic mass is 9.96. The smallest absolute Gasteiger partial charge is 0.459 e. The number of aliphatic hydroxyl groups is 2. The predicted octanol–water partition coefficient (Wildman–Crippen LogP) is 1.59. The lowest BCUT2D eigenvalue weighted by Gasteiger charge is -2.27. The third kappa shape index (κ3) is 6.19. The van der Waals surface area contributed by atoms with E-state index in [0.717, 1.165) is 0 Å². The van der Waals surface area contributed by atoms with E-state index >= 15 is 0 Å². The number of imidazole rings is 1. The Hall–Kier alpha value is -3.33. The quantitative estimate of drug-likeness (QED) is 0.162. The Kier molecular flexibility index (Phi) is 8.63. The third-order valence-electron chi connectivity index (χ3n) is 6.12. The van der Waals surface area contributed by atoms with Gasteiger partial charge in [0.1, 0.15) is 29.6 Å². The molecule has 4 rings (SSSR count). The highest BCUT2D eigenvalue weighted by Gasteiger charge is 2.54. The van der Waals surface area contributed by atoms with E-state index in [2.05, 4.69) is 25.4 Å². The monoisotopic (exact) mass is 579 g/mol. The van der Waals surface area contributed by atoms with Crippen LogP contribution in [0.1, 0.15) is 33.9 Å². The highest BCUT2D eigenvalue weighted by atomic mass is 31.2. The Balaban J connectivity index is 1.56. The van der Waals surface area contributed by atoms with Gasteiger partial charge in [-0.2, -0.15) is 15.1 Å². The van der Waals surface area contributed by atoms with Crippen molar-refractivity contribution in [2.24, 2.45) is 0 Å². The van der Waals surface area contributed by atoms with Crippen LogP contribution in [0.3, 0.4) is 0 Å². The maximum Gasteiger partial charge on any atom is 0.459 e. The second-order valence-electron chi connectivity index (χ2n) is 9.74. The first-order valence-electron chi connectivity index (χ1n) is 12.6. The van der Waals surface area contributed by atoms with Gasteiger partial charge in [-0.25, -0.2) is 9.55 Å². The zero-order valence-electron chi connectivity index (χ0n) is 22.7. The van der Waals surface area contributed by atoms with Gasteiger partial charge < -0.3 is 35.3 Å². The number of rotatable bonds is 11. The highest BCUT2D eigenvalue weighted by molar-refractivity contribution is 7.52. The molecule has 3 aromatic rings. The van der Waals surface area contributed by atoms with Gasteiger partial charge in [-0.15, -0.1) is 0 Å². The minimum atomic E-state index is -4.24. The largest absolute Gasteiger partial charge is 0.462 e. The van der Waals surface area contributed by atoms with Gasteiger partial charge in [0.2, 0.25) is 5.95 Å². The molecule has 40 heavy (non-hydrogen) atoms. The minimum absolute atomic E-state index is 0.0353. The van der Waals surface area contributed by atoms with Crippen molar-refractivity contribution < 1.29 is 38.1 Å². The van der Waals surface area contributed by atoms with Gasteiger partial charge in [-0.3, -0.25) is 13.9 Å². The summed E-state index contributed by atoms with van der Waals surface area (Å²) >= 11 is 0. The summed E-state index contributed by atoms with van der Waals surface area (Å²) < 4.78 is 37.7. The number of fused-ring (bicyclic) bond motifs is 1. The van der Waals surface area contributed by atoms with E-state index in [1.807, 2.05) is 0 Å². The molecule has 1 aromatic carbocycles. The van der Waals surface area contributed by atoms with Crippen LogP contribution in [-0.2, 0) is 23.4 Å². The number of aromatic nitrogens is 4. The Morgan fingerprint density at radius 1 is 1.27 bits per heavy atom. The molecule has 1 fully saturated rings. The lowest BCUT2D eigenvalue weighted by molar-refractivity contribution is -0.149. The molecule has 1 saturated heterocycles. The van der Waals surface area contributed by atoms with E-state index in [0.29, 0.717) is 11.3 Å². The summed E-state index contributed by atoms with van der Waals surface area (Å²) in [5.41, 5.74) is 4.61. The molecule has 16 heteroatoms. The fourth-order valence-corrected chi connectivity index (χ4v) is 5.67. The molecule has 6 N–H and O–H groups in total.